The minimum atomic E-state index is -3.06. The van der Waals surface area contributed by atoms with Crippen molar-refractivity contribution in [2.24, 2.45) is 0 Å². The van der Waals surface area contributed by atoms with Crippen molar-refractivity contribution in [1.29, 1.82) is 0 Å². The SMILES string of the molecule is O=C(NCCCN1CCOCC1)C(=O)NC1CCS(=O)(=O)C1. The number of morpholine rings is 1. The van der Waals surface area contributed by atoms with Crippen molar-refractivity contribution in [2.45, 2.75) is 18.9 Å². The molecule has 0 aromatic carbocycles. The molecule has 0 aliphatic carbocycles. The zero-order valence-corrected chi connectivity index (χ0v) is 13.4. The highest BCUT2D eigenvalue weighted by Gasteiger charge is 2.30. The molecule has 0 bridgehead atoms. The lowest BCUT2D eigenvalue weighted by atomic mass is 10.2. The van der Waals surface area contributed by atoms with Crippen molar-refractivity contribution in [2.75, 3.05) is 50.9 Å². The van der Waals surface area contributed by atoms with E-state index in [0.29, 0.717) is 13.0 Å². The van der Waals surface area contributed by atoms with Gasteiger partial charge >= 0.3 is 11.8 Å². The molecule has 2 rings (SSSR count). The Labute approximate surface area is 130 Å². The van der Waals surface area contributed by atoms with Gasteiger partial charge in [-0.2, -0.15) is 0 Å². The second kappa shape index (κ2) is 7.89. The summed E-state index contributed by atoms with van der Waals surface area (Å²) in [6.07, 6.45) is 1.13. The van der Waals surface area contributed by atoms with E-state index in [9.17, 15) is 18.0 Å². The Morgan fingerprint density at radius 2 is 1.91 bits per heavy atom. The fraction of sp³-hybridized carbons (Fsp3) is 0.846. The van der Waals surface area contributed by atoms with Crippen LogP contribution in [0.1, 0.15) is 12.8 Å². The van der Waals surface area contributed by atoms with E-state index in [1.165, 1.54) is 0 Å². The minimum Gasteiger partial charge on any atom is -0.379 e. The average molecular weight is 333 g/mol. The van der Waals surface area contributed by atoms with Crippen LogP contribution in [0.25, 0.3) is 0 Å². The molecular weight excluding hydrogens is 310 g/mol. The van der Waals surface area contributed by atoms with Gasteiger partial charge in [-0.15, -0.1) is 0 Å². The van der Waals surface area contributed by atoms with Gasteiger partial charge in [0, 0.05) is 25.7 Å². The van der Waals surface area contributed by atoms with E-state index in [4.69, 9.17) is 4.74 Å². The zero-order chi connectivity index (χ0) is 16.0. The Morgan fingerprint density at radius 3 is 2.55 bits per heavy atom. The van der Waals surface area contributed by atoms with Crippen molar-refractivity contribution in [3.05, 3.63) is 0 Å². The van der Waals surface area contributed by atoms with Gasteiger partial charge in [-0.05, 0) is 19.4 Å². The molecule has 0 aromatic heterocycles. The van der Waals surface area contributed by atoms with Crippen LogP contribution in [-0.2, 0) is 24.2 Å². The van der Waals surface area contributed by atoms with Crippen LogP contribution in [0.2, 0.25) is 0 Å². The largest absolute Gasteiger partial charge is 0.379 e. The van der Waals surface area contributed by atoms with Gasteiger partial charge in [-0.25, -0.2) is 8.42 Å². The van der Waals surface area contributed by atoms with Crippen LogP contribution in [0.5, 0.6) is 0 Å². The molecule has 2 aliphatic rings. The lowest BCUT2D eigenvalue weighted by Gasteiger charge is -2.26. The van der Waals surface area contributed by atoms with Gasteiger partial charge in [-0.1, -0.05) is 0 Å². The second-order valence-corrected chi connectivity index (χ2v) is 7.87. The predicted octanol–water partition coefficient (Wildman–Crippen LogP) is -1.87. The summed E-state index contributed by atoms with van der Waals surface area (Å²) in [6, 6.07) is -0.448. The molecule has 0 aromatic rings. The van der Waals surface area contributed by atoms with E-state index in [0.717, 1.165) is 39.3 Å². The molecule has 2 N–H and O–H groups in total. The van der Waals surface area contributed by atoms with E-state index >= 15 is 0 Å². The summed E-state index contributed by atoms with van der Waals surface area (Å²) in [4.78, 5) is 25.5. The van der Waals surface area contributed by atoms with Gasteiger partial charge in [0.2, 0.25) is 0 Å². The Kier molecular flexibility index (Phi) is 6.16. The first-order chi connectivity index (χ1) is 10.5. The summed E-state index contributed by atoms with van der Waals surface area (Å²) < 4.78 is 27.8. The first kappa shape index (κ1) is 17.2. The van der Waals surface area contributed by atoms with Crippen molar-refractivity contribution >= 4 is 21.7 Å². The highest BCUT2D eigenvalue weighted by atomic mass is 32.2. The summed E-state index contributed by atoms with van der Waals surface area (Å²) in [7, 11) is -3.06. The molecule has 1 atom stereocenters. The van der Waals surface area contributed by atoms with Gasteiger partial charge < -0.3 is 15.4 Å². The van der Waals surface area contributed by atoms with Gasteiger partial charge in [0.15, 0.2) is 9.84 Å². The molecule has 22 heavy (non-hydrogen) atoms. The van der Waals surface area contributed by atoms with E-state index in [1.807, 2.05) is 0 Å². The maximum Gasteiger partial charge on any atom is 0.309 e. The topological polar surface area (TPSA) is 105 Å². The molecule has 9 heteroatoms. The molecule has 2 heterocycles. The van der Waals surface area contributed by atoms with Crippen LogP contribution < -0.4 is 10.6 Å². The number of sulfone groups is 1. The third kappa shape index (κ3) is 5.54. The van der Waals surface area contributed by atoms with Crippen LogP contribution in [0.4, 0.5) is 0 Å². The molecule has 0 spiro atoms. The number of carbonyl (C=O) groups excluding carboxylic acids is 2. The Bertz CT molecular complexity index is 502. The number of hydrogen-bond donors (Lipinski definition) is 2. The molecule has 1 unspecified atom stereocenters. The number of rotatable bonds is 5. The van der Waals surface area contributed by atoms with E-state index in [1.54, 1.807) is 0 Å². The normalized spacial score (nSPS) is 24.8. The molecule has 2 saturated heterocycles. The zero-order valence-electron chi connectivity index (χ0n) is 12.5. The number of carbonyl (C=O) groups is 2. The molecule has 8 nitrogen and oxygen atoms in total. The third-order valence-electron chi connectivity index (χ3n) is 3.81. The fourth-order valence-corrected chi connectivity index (χ4v) is 4.24. The highest BCUT2D eigenvalue weighted by molar-refractivity contribution is 7.91. The quantitative estimate of drug-likeness (QED) is 0.451. The maximum atomic E-state index is 11.7. The summed E-state index contributed by atoms with van der Waals surface area (Å²) in [5, 5.41) is 5.03. The van der Waals surface area contributed by atoms with Crippen molar-refractivity contribution in [3.8, 4) is 0 Å². The standard InChI is InChI=1S/C13H23N3O5S/c17-12(13(18)15-11-2-9-22(19,20)10-11)14-3-1-4-16-5-7-21-8-6-16/h11H,1-10H2,(H,14,17)(H,15,18). The Balaban J connectivity index is 1.59. The van der Waals surface area contributed by atoms with Gasteiger partial charge in [0.25, 0.3) is 0 Å². The number of nitrogens with zero attached hydrogens (tertiary/aromatic N) is 1. The number of hydrogen-bond acceptors (Lipinski definition) is 6. The van der Waals surface area contributed by atoms with Crippen LogP contribution in [0.3, 0.4) is 0 Å². The van der Waals surface area contributed by atoms with Crippen molar-refractivity contribution in [3.63, 3.8) is 0 Å². The van der Waals surface area contributed by atoms with E-state index in [-0.39, 0.29) is 11.5 Å². The molecule has 126 valence electrons. The second-order valence-electron chi connectivity index (χ2n) is 5.64. The number of amides is 2. The lowest BCUT2D eigenvalue weighted by Crippen LogP contribution is -2.45. The summed E-state index contributed by atoms with van der Waals surface area (Å²) >= 11 is 0. The van der Waals surface area contributed by atoms with Crippen LogP contribution in [0.15, 0.2) is 0 Å². The first-order valence-corrected chi connectivity index (χ1v) is 9.38. The maximum absolute atomic E-state index is 11.7. The highest BCUT2D eigenvalue weighted by Crippen LogP contribution is 2.10. The number of ether oxygens (including phenoxy) is 1. The minimum absolute atomic E-state index is 0.0686. The molecule has 2 aliphatic heterocycles. The van der Waals surface area contributed by atoms with Crippen molar-refractivity contribution < 1.29 is 22.7 Å². The van der Waals surface area contributed by atoms with E-state index < -0.39 is 27.7 Å². The Morgan fingerprint density at radius 1 is 1.18 bits per heavy atom. The summed E-state index contributed by atoms with van der Waals surface area (Å²) in [5.74, 6) is -1.47. The first-order valence-electron chi connectivity index (χ1n) is 7.55. The Hall–Kier alpha value is -1.19. The van der Waals surface area contributed by atoms with Gasteiger partial charge in [-0.3, -0.25) is 14.5 Å². The smallest absolute Gasteiger partial charge is 0.309 e. The monoisotopic (exact) mass is 333 g/mol. The fourth-order valence-electron chi connectivity index (χ4n) is 2.57. The van der Waals surface area contributed by atoms with E-state index in [2.05, 4.69) is 15.5 Å². The van der Waals surface area contributed by atoms with Gasteiger partial charge in [0.1, 0.15) is 0 Å². The average Bonchev–Trinajstić information content (AvgIpc) is 2.83. The third-order valence-corrected chi connectivity index (χ3v) is 5.58. The van der Waals surface area contributed by atoms with Crippen molar-refractivity contribution in [1.82, 2.24) is 15.5 Å². The molecular formula is C13H23N3O5S. The number of nitrogens with one attached hydrogen (secondary N) is 2. The van der Waals surface area contributed by atoms with Gasteiger partial charge in [0.05, 0.1) is 24.7 Å². The molecule has 0 saturated carbocycles. The molecule has 0 radical (unpaired) electrons. The summed E-state index contributed by atoms with van der Waals surface area (Å²) in [5.41, 5.74) is 0. The van der Waals surface area contributed by atoms with Crippen LogP contribution in [-0.4, -0.2) is 82.1 Å². The van der Waals surface area contributed by atoms with Crippen LogP contribution in [0, 0.1) is 0 Å². The molecule has 2 fully saturated rings. The molecule has 2 amide bonds. The van der Waals surface area contributed by atoms with Crippen LogP contribution >= 0.6 is 0 Å². The summed E-state index contributed by atoms with van der Waals surface area (Å²) in [6.45, 7) is 4.53. The predicted molar refractivity (Wildman–Crippen MR) is 80.1 cm³/mol. The lowest BCUT2D eigenvalue weighted by molar-refractivity contribution is -0.139.